The standard InChI is InChI=1S/C10H7ClO/c1-2-4-10(12)8-5-3-6-9(11)7-8/h3,5-7H,1H3. The van der Waals surface area contributed by atoms with Crippen molar-refractivity contribution in [2.75, 3.05) is 0 Å². The van der Waals surface area contributed by atoms with Gasteiger partial charge in [-0.25, -0.2) is 0 Å². The van der Waals surface area contributed by atoms with Crippen molar-refractivity contribution in [2.45, 2.75) is 6.92 Å². The van der Waals surface area contributed by atoms with E-state index in [1.165, 1.54) is 0 Å². The molecule has 0 bridgehead atoms. The summed E-state index contributed by atoms with van der Waals surface area (Å²) in [5, 5.41) is 0.554. The van der Waals surface area contributed by atoms with Crippen LogP contribution in [-0.2, 0) is 0 Å². The highest BCUT2D eigenvalue weighted by molar-refractivity contribution is 6.31. The van der Waals surface area contributed by atoms with Crippen LogP contribution in [0.25, 0.3) is 0 Å². The molecule has 0 spiro atoms. The van der Waals surface area contributed by atoms with E-state index in [1.54, 1.807) is 31.2 Å². The van der Waals surface area contributed by atoms with Crippen molar-refractivity contribution >= 4 is 17.4 Å². The molecule has 0 aliphatic heterocycles. The summed E-state index contributed by atoms with van der Waals surface area (Å²) in [4.78, 5) is 11.2. The first-order chi connectivity index (χ1) is 5.74. The first-order valence-electron chi connectivity index (χ1n) is 3.46. The Labute approximate surface area is 76.4 Å². The van der Waals surface area contributed by atoms with Gasteiger partial charge in [0, 0.05) is 10.6 Å². The van der Waals surface area contributed by atoms with E-state index in [1.807, 2.05) is 0 Å². The van der Waals surface area contributed by atoms with E-state index in [0.717, 1.165) is 0 Å². The summed E-state index contributed by atoms with van der Waals surface area (Å²) in [6, 6.07) is 6.75. The van der Waals surface area contributed by atoms with Crippen molar-refractivity contribution in [3.05, 3.63) is 34.9 Å². The molecule has 0 atom stereocenters. The Kier molecular flexibility index (Phi) is 2.90. The highest BCUT2D eigenvalue weighted by Gasteiger charge is 2.00. The van der Waals surface area contributed by atoms with Crippen LogP contribution < -0.4 is 0 Å². The molecule has 0 N–H and O–H groups in total. The SMILES string of the molecule is CC#CC(=O)c1cccc(Cl)c1. The summed E-state index contributed by atoms with van der Waals surface area (Å²) in [5.74, 6) is 4.79. The highest BCUT2D eigenvalue weighted by Crippen LogP contribution is 2.10. The average Bonchev–Trinajstić information content (AvgIpc) is 2.05. The Morgan fingerprint density at radius 1 is 1.50 bits per heavy atom. The minimum absolute atomic E-state index is 0.194. The van der Waals surface area contributed by atoms with Crippen LogP contribution in [0.4, 0.5) is 0 Å². The number of hydrogen-bond donors (Lipinski definition) is 0. The van der Waals surface area contributed by atoms with Crippen LogP contribution in [0.2, 0.25) is 5.02 Å². The Bertz CT molecular complexity index is 358. The molecule has 0 radical (unpaired) electrons. The monoisotopic (exact) mass is 178 g/mol. The van der Waals surface area contributed by atoms with Gasteiger partial charge in [-0.05, 0) is 25.0 Å². The zero-order valence-electron chi connectivity index (χ0n) is 6.60. The Balaban J connectivity index is 3.01. The van der Waals surface area contributed by atoms with E-state index in [4.69, 9.17) is 11.6 Å². The van der Waals surface area contributed by atoms with Gasteiger partial charge in [0.1, 0.15) is 0 Å². The zero-order valence-corrected chi connectivity index (χ0v) is 7.35. The topological polar surface area (TPSA) is 17.1 Å². The number of Topliss-reactive ketones (excluding diaryl/α,β-unsaturated/α-hetero) is 1. The van der Waals surface area contributed by atoms with Gasteiger partial charge in [0.15, 0.2) is 0 Å². The maximum Gasteiger partial charge on any atom is 0.235 e. The van der Waals surface area contributed by atoms with Crippen LogP contribution in [-0.4, -0.2) is 5.78 Å². The van der Waals surface area contributed by atoms with Gasteiger partial charge in [-0.3, -0.25) is 4.79 Å². The molecule has 0 aliphatic rings. The number of hydrogen-bond acceptors (Lipinski definition) is 1. The maximum atomic E-state index is 11.2. The third-order valence-corrected chi connectivity index (χ3v) is 1.56. The molecule has 2 heteroatoms. The Morgan fingerprint density at radius 3 is 2.83 bits per heavy atom. The molecule has 60 valence electrons. The molecule has 1 rings (SSSR count). The number of benzene rings is 1. The average molecular weight is 179 g/mol. The molecule has 0 saturated carbocycles. The fourth-order valence-electron chi connectivity index (χ4n) is 0.815. The van der Waals surface area contributed by atoms with Crippen LogP contribution >= 0.6 is 11.6 Å². The van der Waals surface area contributed by atoms with Gasteiger partial charge < -0.3 is 0 Å². The minimum atomic E-state index is -0.194. The maximum absolute atomic E-state index is 11.2. The fraction of sp³-hybridized carbons (Fsp3) is 0.100. The molecular weight excluding hydrogens is 172 g/mol. The van der Waals surface area contributed by atoms with Gasteiger partial charge in [0.05, 0.1) is 0 Å². The first kappa shape index (κ1) is 8.83. The summed E-state index contributed by atoms with van der Waals surface area (Å²) in [6.45, 7) is 1.63. The first-order valence-corrected chi connectivity index (χ1v) is 3.84. The van der Waals surface area contributed by atoms with Crippen molar-refractivity contribution in [3.8, 4) is 11.8 Å². The van der Waals surface area contributed by atoms with Gasteiger partial charge in [-0.1, -0.05) is 29.7 Å². The molecule has 12 heavy (non-hydrogen) atoms. The van der Waals surface area contributed by atoms with E-state index in [0.29, 0.717) is 10.6 Å². The van der Waals surface area contributed by atoms with Crippen molar-refractivity contribution < 1.29 is 4.79 Å². The summed E-state index contributed by atoms with van der Waals surface area (Å²) in [6.07, 6.45) is 0. The molecule has 1 aromatic carbocycles. The summed E-state index contributed by atoms with van der Waals surface area (Å²) in [5.41, 5.74) is 0.539. The zero-order chi connectivity index (χ0) is 8.97. The van der Waals surface area contributed by atoms with Crippen molar-refractivity contribution in [1.82, 2.24) is 0 Å². The number of halogens is 1. The Morgan fingerprint density at radius 2 is 2.25 bits per heavy atom. The van der Waals surface area contributed by atoms with Crippen LogP contribution in [0.5, 0.6) is 0 Å². The highest BCUT2D eigenvalue weighted by atomic mass is 35.5. The van der Waals surface area contributed by atoms with E-state index < -0.39 is 0 Å². The molecule has 0 amide bonds. The molecular formula is C10H7ClO. The smallest absolute Gasteiger partial charge is 0.235 e. The van der Waals surface area contributed by atoms with Gasteiger partial charge in [0.25, 0.3) is 0 Å². The predicted octanol–water partition coefficient (Wildman–Crippen LogP) is 2.55. The van der Waals surface area contributed by atoms with E-state index in [2.05, 4.69) is 11.8 Å². The molecule has 1 nitrogen and oxygen atoms in total. The molecule has 0 fully saturated rings. The second kappa shape index (κ2) is 3.94. The predicted molar refractivity (Wildman–Crippen MR) is 49.2 cm³/mol. The minimum Gasteiger partial charge on any atom is -0.279 e. The van der Waals surface area contributed by atoms with Crippen molar-refractivity contribution in [2.24, 2.45) is 0 Å². The summed E-state index contributed by atoms with van der Waals surface area (Å²) < 4.78 is 0. The molecule has 0 unspecified atom stereocenters. The molecule has 0 aromatic heterocycles. The lowest BCUT2D eigenvalue weighted by Crippen LogP contribution is -1.93. The lowest BCUT2D eigenvalue weighted by Gasteiger charge is -1.93. The molecule has 0 aliphatic carbocycles. The lowest BCUT2D eigenvalue weighted by atomic mass is 10.1. The lowest BCUT2D eigenvalue weighted by molar-refractivity contribution is 0.105. The second-order valence-electron chi connectivity index (χ2n) is 2.21. The van der Waals surface area contributed by atoms with E-state index in [9.17, 15) is 4.79 Å². The van der Waals surface area contributed by atoms with Gasteiger partial charge in [0.2, 0.25) is 5.78 Å². The van der Waals surface area contributed by atoms with Gasteiger partial charge >= 0.3 is 0 Å². The molecule has 0 saturated heterocycles. The number of carbonyl (C=O) groups is 1. The van der Waals surface area contributed by atoms with Crippen LogP contribution in [0.15, 0.2) is 24.3 Å². The summed E-state index contributed by atoms with van der Waals surface area (Å²) in [7, 11) is 0. The normalized spacial score (nSPS) is 8.50. The van der Waals surface area contributed by atoms with Crippen LogP contribution in [0, 0.1) is 11.8 Å². The van der Waals surface area contributed by atoms with Crippen molar-refractivity contribution in [3.63, 3.8) is 0 Å². The second-order valence-corrected chi connectivity index (χ2v) is 2.65. The van der Waals surface area contributed by atoms with Gasteiger partial charge in [-0.15, -0.1) is 0 Å². The van der Waals surface area contributed by atoms with Crippen LogP contribution in [0.1, 0.15) is 17.3 Å². The number of ketones is 1. The largest absolute Gasteiger partial charge is 0.279 e. The molecule has 0 heterocycles. The van der Waals surface area contributed by atoms with Crippen molar-refractivity contribution in [1.29, 1.82) is 0 Å². The summed E-state index contributed by atoms with van der Waals surface area (Å²) >= 11 is 5.69. The number of rotatable bonds is 1. The third-order valence-electron chi connectivity index (χ3n) is 1.33. The van der Waals surface area contributed by atoms with Crippen LogP contribution in [0.3, 0.4) is 0 Å². The van der Waals surface area contributed by atoms with E-state index >= 15 is 0 Å². The third kappa shape index (κ3) is 2.11. The van der Waals surface area contributed by atoms with Gasteiger partial charge in [-0.2, -0.15) is 0 Å². The Hall–Kier alpha value is -1.26. The number of carbonyl (C=O) groups excluding carboxylic acids is 1. The quantitative estimate of drug-likeness (QED) is 0.367. The van der Waals surface area contributed by atoms with E-state index in [-0.39, 0.29) is 5.78 Å². The fourth-order valence-corrected chi connectivity index (χ4v) is 1.01. The molecule has 1 aromatic rings.